The fourth-order valence-corrected chi connectivity index (χ4v) is 1.72. The number of nitrogens with two attached hydrogens (primary N) is 1. The Morgan fingerprint density at radius 1 is 1.53 bits per heavy atom. The van der Waals surface area contributed by atoms with E-state index in [4.69, 9.17) is 5.73 Å². The number of hydrogen-bond donors (Lipinski definition) is 1. The highest BCUT2D eigenvalue weighted by Crippen LogP contribution is 2.28. The minimum Gasteiger partial charge on any atom is -0.340 e. The van der Waals surface area contributed by atoms with Crippen LogP contribution in [0.2, 0.25) is 0 Å². The first-order chi connectivity index (χ1) is 7.19. The van der Waals surface area contributed by atoms with Crippen LogP contribution in [-0.2, 0) is 4.79 Å². The molecule has 0 aromatic carbocycles. The smallest absolute Gasteiger partial charge is 0.223 e. The minimum absolute atomic E-state index is 0.334. The zero-order chi connectivity index (χ0) is 11.3. The third-order valence-electron chi connectivity index (χ3n) is 3.13. The van der Waals surface area contributed by atoms with E-state index in [0.717, 1.165) is 19.4 Å². The van der Waals surface area contributed by atoms with E-state index in [1.54, 1.807) is 0 Å². The average molecular weight is 212 g/mol. The first kappa shape index (κ1) is 12.5. The van der Waals surface area contributed by atoms with Gasteiger partial charge >= 0.3 is 0 Å². The van der Waals surface area contributed by atoms with Crippen LogP contribution in [0.25, 0.3) is 0 Å². The van der Waals surface area contributed by atoms with Gasteiger partial charge in [0.2, 0.25) is 5.91 Å². The van der Waals surface area contributed by atoms with Crippen LogP contribution in [0, 0.1) is 5.92 Å². The van der Waals surface area contributed by atoms with Gasteiger partial charge in [0.05, 0.1) is 0 Å². The molecule has 0 aliphatic heterocycles. The van der Waals surface area contributed by atoms with Crippen LogP contribution in [0.1, 0.15) is 46.0 Å². The molecule has 0 radical (unpaired) electrons. The monoisotopic (exact) mass is 212 g/mol. The van der Waals surface area contributed by atoms with Gasteiger partial charge < -0.3 is 10.6 Å². The van der Waals surface area contributed by atoms with Gasteiger partial charge in [-0.05, 0) is 31.7 Å². The summed E-state index contributed by atoms with van der Waals surface area (Å²) in [4.78, 5) is 14.0. The summed E-state index contributed by atoms with van der Waals surface area (Å²) >= 11 is 0. The molecule has 0 aromatic heterocycles. The zero-order valence-corrected chi connectivity index (χ0v) is 10.0. The molecule has 3 nitrogen and oxygen atoms in total. The SMILES string of the molecule is CCC(C)CC(=O)N(CCCN)C1CC1. The van der Waals surface area contributed by atoms with Crippen LogP contribution < -0.4 is 5.73 Å². The first-order valence-electron chi connectivity index (χ1n) is 6.18. The summed E-state index contributed by atoms with van der Waals surface area (Å²) in [7, 11) is 0. The molecule has 1 unspecified atom stereocenters. The van der Waals surface area contributed by atoms with Crippen LogP contribution in [0.4, 0.5) is 0 Å². The molecule has 0 heterocycles. The molecule has 1 aliphatic carbocycles. The normalized spacial score (nSPS) is 17.5. The maximum atomic E-state index is 12.0. The highest BCUT2D eigenvalue weighted by molar-refractivity contribution is 5.77. The Balaban J connectivity index is 2.36. The average Bonchev–Trinajstić information content (AvgIpc) is 3.02. The van der Waals surface area contributed by atoms with Crippen LogP contribution in [-0.4, -0.2) is 29.9 Å². The third-order valence-corrected chi connectivity index (χ3v) is 3.13. The van der Waals surface area contributed by atoms with Crippen molar-refractivity contribution in [2.45, 2.75) is 52.0 Å². The molecular weight excluding hydrogens is 188 g/mol. The van der Waals surface area contributed by atoms with E-state index in [2.05, 4.69) is 18.7 Å². The van der Waals surface area contributed by atoms with E-state index in [-0.39, 0.29) is 0 Å². The lowest BCUT2D eigenvalue weighted by Gasteiger charge is -2.23. The number of hydrogen-bond acceptors (Lipinski definition) is 2. The van der Waals surface area contributed by atoms with Gasteiger partial charge in [-0.3, -0.25) is 4.79 Å². The van der Waals surface area contributed by atoms with Crippen molar-refractivity contribution in [2.24, 2.45) is 11.7 Å². The van der Waals surface area contributed by atoms with Crippen LogP contribution in [0.5, 0.6) is 0 Å². The number of carbonyl (C=O) groups is 1. The Bertz CT molecular complexity index is 202. The van der Waals surface area contributed by atoms with Crippen molar-refractivity contribution >= 4 is 5.91 Å². The lowest BCUT2D eigenvalue weighted by atomic mass is 10.0. The molecule has 1 aliphatic rings. The maximum absolute atomic E-state index is 12.0. The van der Waals surface area contributed by atoms with E-state index in [1.807, 2.05) is 0 Å². The zero-order valence-electron chi connectivity index (χ0n) is 10.0. The highest BCUT2D eigenvalue weighted by Gasteiger charge is 2.32. The summed E-state index contributed by atoms with van der Waals surface area (Å²) in [5.74, 6) is 0.844. The molecule has 0 aromatic rings. The molecular formula is C12H24N2O. The predicted molar refractivity (Wildman–Crippen MR) is 62.5 cm³/mol. The molecule has 2 N–H and O–H groups in total. The van der Waals surface area contributed by atoms with Gasteiger partial charge in [0, 0.05) is 19.0 Å². The number of rotatable bonds is 7. The fourth-order valence-electron chi connectivity index (χ4n) is 1.72. The first-order valence-corrected chi connectivity index (χ1v) is 6.18. The summed E-state index contributed by atoms with van der Waals surface area (Å²) in [6.07, 6.45) is 5.11. The molecule has 0 spiro atoms. The number of amides is 1. The van der Waals surface area contributed by atoms with Gasteiger partial charge in [-0.2, -0.15) is 0 Å². The standard InChI is InChI=1S/C12H24N2O/c1-3-10(2)9-12(15)14(8-4-7-13)11-5-6-11/h10-11H,3-9,13H2,1-2H3. The Hall–Kier alpha value is -0.570. The fraction of sp³-hybridized carbons (Fsp3) is 0.917. The quantitative estimate of drug-likeness (QED) is 0.699. The molecule has 3 heteroatoms. The molecule has 15 heavy (non-hydrogen) atoms. The summed E-state index contributed by atoms with van der Waals surface area (Å²) < 4.78 is 0. The molecule has 1 saturated carbocycles. The van der Waals surface area contributed by atoms with Gasteiger partial charge in [-0.25, -0.2) is 0 Å². The van der Waals surface area contributed by atoms with Crippen molar-refractivity contribution in [1.29, 1.82) is 0 Å². The maximum Gasteiger partial charge on any atom is 0.223 e. The Morgan fingerprint density at radius 2 is 2.20 bits per heavy atom. The Labute approximate surface area is 93.0 Å². The topological polar surface area (TPSA) is 46.3 Å². The van der Waals surface area contributed by atoms with E-state index in [0.29, 0.717) is 30.8 Å². The molecule has 0 saturated heterocycles. The van der Waals surface area contributed by atoms with Gasteiger partial charge in [0.1, 0.15) is 0 Å². The molecule has 88 valence electrons. The summed E-state index contributed by atoms with van der Waals surface area (Å²) in [5.41, 5.74) is 5.49. The third kappa shape index (κ3) is 4.20. The van der Waals surface area contributed by atoms with Gasteiger partial charge in [0.15, 0.2) is 0 Å². The lowest BCUT2D eigenvalue weighted by molar-refractivity contribution is -0.132. The second kappa shape index (κ2) is 6.11. The van der Waals surface area contributed by atoms with Crippen molar-refractivity contribution in [2.75, 3.05) is 13.1 Å². The van der Waals surface area contributed by atoms with Crippen LogP contribution in [0.15, 0.2) is 0 Å². The van der Waals surface area contributed by atoms with E-state index in [9.17, 15) is 4.79 Å². The number of carbonyl (C=O) groups excluding carboxylic acids is 1. The van der Waals surface area contributed by atoms with Crippen molar-refractivity contribution in [1.82, 2.24) is 4.90 Å². The van der Waals surface area contributed by atoms with Crippen molar-refractivity contribution in [3.05, 3.63) is 0 Å². The Morgan fingerprint density at radius 3 is 2.67 bits per heavy atom. The summed E-state index contributed by atoms with van der Waals surface area (Å²) in [5, 5.41) is 0. The summed E-state index contributed by atoms with van der Waals surface area (Å²) in [6.45, 7) is 5.82. The highest BCUT2D eigenvalue weighted by atomic mass is 16.2. The lowest BCUT2D eigenvalue weighted by Crippen LogP contribution is -2.35. The molecule has 0 bridgehead atoms. The molecule has 1 fully saturated rings. The van der Waals surface area contributed by atoms with Crippen molar-refractivity contribution in [3.8, 4) is 0 Å². The van der Waals surface area contributed by atoms with E-state index >= 15 is 0 Å². The van der Waals surface area contributed by atoms with Gasteiger partial charge in [-0.15, -0.1) is 0 Å². The molecule has 1 atom stereocenters. The van der Waals surface area contributed by atoms with Crippen LogP contribution >= 0.6 is 0 Å². The molecule has 1 amide bonds. The van der Waals surface area contributed by atoms with Crippen molar-refractivity contribution in [3.63, 3.8) is 0 Å². The van der Waals surface area contributed by atoms with Gasteiger partial charge in [-0.1, -0.05) is 20.3 Å². The van der Waals surface area contributed by atoms with E-state index in [1.165, 1.54) is 12.8 Å². The molecule has 1 rings (SSSR count). The van der Waals surface area contributed by atoms with Crippen LogP contribution in [0.3, 0.4) is 0 Å². The minimum atomic E-state index is 0.334. The van der Waals surface area contributed by atoms with Gasteiger partial charge in [0.25, 0.3) is 0 Å². The largest absolute Gasteiger partial charge is 0.340 e. The number of nitrogens with zero attached hydrogens (tertiary/aromatic N) is 1. The predicted octanol–water partition coefficient (Wildman–Crippen LogP) is 1.76. The Kier molecular flexibility index (Phi) is 5.09. The second-order valence-electron chi connectivity index (χ2n) is 4.68. The second-order valence-corrected chi connectivity index (χ2v) is 4.68. The van der Waals surface area contributed by atoms with Crippen molar-refractivity contribution < 1.29 is 4.79 Å². The van der Waals surface area contributed by atoms with E-state index < -0.39 is 0 Å². The summed E-state index contributed by atoms with van der Waals surface area (Å²) in [6, 6.07) is 0.535.